The van der Waals surface area contributed by atoms with Crippen LogP contribution in [-0.2, 0) is 65.4 Å². The first kappa shape index (κ1) is 85.1. The summed E-state index contributed by atoms with van der Waals surface area (Å²) >= 11 is 0. The van der Waals surface area contributed by atoms with Crippen LogP contribution in [0.25, 0.3) is 0 Å². The van der Waals surface area contributed by atoms with Gasteiger partial charge in [-0.05, 0) is 49.4 Å². The van der Waals surface area contributed by atoms with Crippen LogP contribution >= 0.6 is 15.6 Å². The third kappa shape index (κ3) is 60.1. The lowest BCUT2D eigenvalue weighted by atomic mass is 10.00. The molecular weight excluding hydrogens is 1150 g/mol. The Hall–Kier alpha value is -1.94. The normalized spacial score (nSPS) is 15.0. The number of carbonyl (C=O) groups is 4. The van der Waals surface area contributed by atoms with Gasteiger partial charge in [-0.1, -0.05) is 280 Å². The molecule has 0 aliphatic heterocycles. The van der Waals surface area contributed by atoms with Crippen molar-refractivity contribution in [3.63, 3.8) is 0 Å². The number of hydrogen-bond acceptors (Lipinski definition) is 15. The zero-order valence-electron chi connectivity index (χ0n) is 56.6. The molecule has 0 heterocycles. The molecule has 0 aliphatic carbocycles. The van der Waals surface area contributed by atoms with Crippen molar-refractivity contribution in [2.75, 3.05) is 39.6 Å². The fraction of sp³-hybridized carbons (Fsp3) is 0.941. The van der Waals surface area contributed by atoms with Gasteiger partial charge in [-0.25, -0.2) is 9.13 Å². The van der Waals surface area contributed by atoms with Crippen LogP contribution < -0.4 is 0 Å². The molecule has 19 heteroatoms. The maximum Gasteiger partial charge on any atom is 0.472 e. The zero-order valence-corrected chi connectivity index (χ0v) is 58.4. The summed E-state index contributed by atoms with van der Waals surface area (Å²) in [4.78, 5) is 72.4. The lowest BCUT2D eigenvalue weighted by molar-refractivity contribution is -0.161. The molecule has 516 valence electrons. The van der Waals surface area contributed by atoms with E-state index in [1.54, 1.807) is 0 Å². The van der Waals surface area contributed by atoms with E-state index >= 15 is 0 Å². The van der Waals surface area contributed by atoms with Gasteiger partial charge in [-0.3, -0.25) is 37.3 Å². The maximum absolute atomic E-state index is 13.0. The molecule has 0 spiro atoms. The van der Waals surface area contributed by atoms with Gasteiger partial charge in [0.2, 0.25) is 0 Å². The molecule has 3 N–H and O–H groups in total. The molecule has 0 aromatic carbocycles. The third-order valence-electron chi connectivity index (χ3n) is 16.3. The lowest BCUT2D eigenvalue weighted by Gasteiger charge is -2.21. The van der Waals surface area contributed by atoms with Crippen LogP contribution in [0, 0.1) is 23.7 Å². The fourth-order valence-electron chi connectivity index (χ4n) is 10.1. The molecular formula is C68H132O17P2. The van der Waals surface area contributed by atoms with Gasteiger partial charge >= 0.3 is 39.5 Å². The Labute approximate surface area is 530 Å². The molecule has 0 saturated heterocycles. The van der Waals surface area contributed by atoms with Crippen LogP contribution in [-0.4, -0.2) is 96.7 Å². The Bertz CT molecular complexity index is 1730. The molecule has 0 fully saturated rings. The highest BCUT2D eigenvalue weighted by molar-refractivity contribution is 7.47. The molecule has 87 heavy (non-hydrogen) atoms. The minimum absolute atomic E-state index is 0.103. The van der Waals surface area contributed by atoms with Crippen LogP contribution in [0.5, 0.6) is 0 Å². The van der Waals surface area contributed by atoms with Crippen molar-refractivity contribution in [1.29, 1.82) is 0 Å². The number of phosphoric acid groups is 2. The number of rotatable bonds is 65. The first-order chi connectivity index (χ1) is 41.7. The highest BCUT2D eigenvalue weighted by Gasteiger charge is 2.30. The van der Waals surface area contributed by atoms with Crippen LogP contribution in [0.15, 0.2) is 0 Å². The smallest absolute Gasteiger partial charge is 0.462 e. The van der Waals surface area contributed by atoms with Crippen LogP contribution in [0.1, 0.15) is 331 Å². The second-order valence-electron chi connectivity index (χ2n) is 26.0. The molecule has 0 bridgehead atoms. The maximum atomic E-state index is 13.0. The largest absolute Gasteiger partial charge is 0.472 e. The second-order valence-corrected chi connectivity index (χ2v) is 28.9. The molecule has 7 atom stereocenters. The number of aliphatic hydroxyl groups is 1. The minimum atomic E-state index is -4.95. The topological polar surface area (TPSA) is 237 Å². The van der Waals surface area contributed by atoms with Gasteiger partial charge in [0.15, 0.2) is 12.2 Å². The molecule has 0 radical (unpaired) electrons. The van der Waals surface area contributed by atoms with E-state index in [0.29, 0.717) is 25.7 Å². The Morgan fingerprint density at radius 3 is 0.816 bits per heavy atom. The molecule has 17 nitrogen and oxygen atoms in total. The highest BCUT2D eigenvalue weighted by Crippen LogP contribution is 2.45. The van der Waals surface area contributed by atoms with Crippen LogP contribution in [0.4, 0.5) is 0 Å². The minimum Gasteiger partial charge on any atom is -0.462 e. The van der Waals surface area contributed by atoms with Gasteiger partial charge in [0, 0.05) is 25.7 Å². The van der Waals surface area contributed by atoms with Crippen molar-refractivity contribution >= 4 is 39.5 Å². The Morgan fingerprint density at radius 1 is 0.322 bits per heavy atom. The fourth-order valence-corrected chi connectivity index (χ4v) is 11.7. The number of phosphoric ester groups is 2. The monoisotopic (exact) mass is 1280 g/mol. The number of ether oxygens (including phenoxy) is 4. The Balaban J connectivity index is 5.25. The van der Waals surface area contributed by atoms with E-state index in [9.17, 15) is 43.2 Å². The van der Waals surface area contributed by atoms with E-state index in [2.05, 4.69) is 55.4 Å². The standard InChI is InChI=1S/C68H132O17P2/c1-9-60(7)46-38-30-24-26-32-40-48-65(70)78-54-63(84-67(72)50-42-34-22-17-15-13-11-12-14-16-20-28-36-44-58(3)4)56-82-86(74,75)80-52-62(69)53-81-87(76,77)83-57-64(55-79-66(71)49-41-33-27-25-31-39-47-61(8)10-2)85-68(73)51-43-35-23-19-18-21-29-37-45-59(5)6/h58-64,69H,9-57H2,1-8H3,(H,74,75)(H,76,77)/t60?,61?,62-,63+,64+/m0/s1. The van der Waals surface area contributed by atoms with Crippen molar-refractivity contribution in [2.45, 2.75) is 350 Å². The van der Waals surface area contributed by atoms with Crippen molar-refractivity contribution in [3.8, 4) is 0 Å². The summed E-state index contributed by atoms with van der Waals surface area (Å²) in [5, 5.41) is 10.6. The summed E-state index contributed by atoms with van der Waals surface area (Å²) in [6.07, 6.45) is 39.0. The number of aliphatic hydroxyl groups excluding tert-OH is 1. The van der Waals surface area contributed by atoms with Gasteiger partial charge in [-0.2, -0.15) is 0 Å². The van der Waals surface area contributed by atoms with E-state index < -0.39 is 97.5 Å². The van der Waals surface area contributed by atoms with E-state index in [0.717, 1.165) is 126 Å². The van der Waals surface area contributed by atoms with Crippen LogP contribution in [0.3, 0.4) is 0 Å². The summed E-state index contributed by atoms with van der Waals surface area (Å²) < 4.78 is 68.2. The quantitative estimate of drug-likeness (QED) is 0.0222. The molecule has 0 saturated carbocycles. The zero-order chi connectivity index (χ0) is 64.7. The van der Waals surface area contributed by atoms with Gasteiger partial charge in [0.05, 0.1) is 26.4 Å². The molecule has 0 aromatic heterocycles. The number of unbranched alkanes of at least 4 members (excludes halogenated alkanes) is 29. The predicted octanol–water partition coefficient (Wildman–Crippen LogP) is 18.9. The van der Waals surface area contributed by atoms with Crippen molar-refractivity contribution in [1.82, 2.24) is 0 Å². The third-order valence-corrected chi connectivity index (χ3v) is 18.2. The first-order valence-corrected chi connectivity index (χ1v) is 38.3. The average molecular weight is 1280 g/mol. The van der Waals surface area contributed by atoms with Crippen molar-refractivity contribution < 1.29 is 80.2 Å². The molecule has 0 aromatic rings. The lowest BCUT2D eigenvalue weighted by Crippen LogP contribution is -2.30. The van der Waals surface area contributed by atoms with Crippen LogP contribution in [0.2, 0.25) is 0 Å². The molecule has 0 rings (SSSR count). The Morgan fingerprint density at radius 2 is 0.552 bits per heavy atom. The molecule has 0 amide bonds. The number of hydrogen-bond donors (Lipinski definition) is 3. The molecule has 0 aliphatic rings. The van der Waals surface area contributed by atoms with Gasteiger partial charge in [0.1, 0.15) is 19.3 Å². The second kappa shape index (κ2) is 57.9. The predicted molar refractivity (Wildman–Crippen MR) is 349 cm³/mol. The first-order valence-electron chi connectivity index (χ1n) is 35.3. The number of esters is 4. The molecule has 4 unspecified atom stereocenters. The number of carbonyl (C=O) groups excluding carboxylic acids is 4. The summed E-state index contributed by atoms with van der Waals surface area (Å²) in [6, 6.07) is 0. The summed E-state index contributed by atoms with van der Waals surface area (Å²) in [5.74, 6) is 0.831. The summed E-state index contributed by atoms with van der Waals surface area (Å²) in [6.45, 7) is 14.0. The van der Waals surface area contributed by atoms with E-state index in [1.807, 2.05) is 0 Å². The van der Waals surface area contributed by atoms with E-state index in [-0.39, 0.29) is 25.7 Å². The van der Waals surface area contributed by atoms with Crippen molar-refractivity contribution in [2.24, 2.45) is 23.7 Å². The van der Waals surface area contributed by atoms with Gasteiger partial charge in [-0.15, -0.1) is 0 Å². The van der Waals surface area contributed by atoms with Gasteiger partial charge < -0.3 is 33.8 Å². The van der Waals surface area contributed by atoms with Gasteiger partial charge in [0.25, 0.3) is 0 Å². The Kier molecular flexibility index (Phi) is 56.6. The van der Waals surface area contributed by atoms with Crippen molar-refractivity contribution in [3.05, 3.63) is 0 Å². The average Bonchev–Trinajstić information content (AvgIpc) is 3.68. The SMILES string of the molecule is CCC(C)CCCCCCCCC(=O)OC[C@H](COP(=O)(O)OC[C@H](O)COP(=O)(O)OC[C@@H](COC(=O)CCCCCCCCC(C)CC)OC(=O)CCCCCCCCCCC(C)C)OC(=O)CCCCCCCCCCCCCCCC(C)C. The van der Waals surface area contributed by atoms with E-state index in [4.69, 9.17) is 37.0 Å². The summed E-state index contributed by atoms with van der Waals surface area (Å²) in [7, 11) is -9.90. The highest BCUT2D eigenvalue weighted by atomic mass is 31.2. The van der Waals surface area contributed by atoms with E-state index in [1.165, 1.54) is 122 Å². The summed E-state index contributed by atoms with van der Waals surface area (Å²) in [5.41, 5.74) is 0.